The maximum absolute atomic E-state index is 13.9. The summed E-state index contributed by atoms with van der Waals surface area (Å²) in [7, 11) is -3.88. The molecule has 4 aromatic carbocycles. The molecule has 4 aromatic rings. The van der Waals surface area contributed by atoms with E-state index < -0.39 is 16.2 Å². The Morgan fingerprint density at radius 3 is 2.35 bits per heavy atom. The van der Waals surface area contributed by atoms with Gasteiger partial charge in [-0.25, -0.2) is 4.39 Å². The maximum Gasteiger partial charge on any atom is 0.297 e. The molecule has 172 valence electrons. The lowest BCUT2D eigenvalue weighted by molar-refractivity contribution is 0.152. The number of aryl methyl sites for hydroxylation is 1. The summed E-state index contributed by atoms with van der Waals surface area (Å²) in [6.07, 6.45) is 0.104. The smallest absolute Gasteiger partial charge is 0.297 e. The van der Waals surface area contributed by atoms with Crippen molar-refractivity contribution in [2.24, 2.45) is 0 Å². The summed E-state index contributed by atoms with van der Waals surface area (Å²) in [5, 5.41) is 0. The van der Waals surface area contributed by atoms with Crippen molar-refractivity contribution >= 4 is 10.1 Å². The van der Waals surface area contributed by atoms with Crippen molar-refractivity contribution < 1.29 is 21.7 Å². The summed E-state index contributed by atoms with van der Waals surface area (Å²) in [6, 6.07) is 26.7. The van der Waals surface area contributed by atoms with Gasteiger partial charge < -0.3 is 4.74 Å². The van der Waals surface area contributed by atoms with Crippen LogP contribution < -0.4 is 4.74 Å². The molecule has 1 aliphatic heterocycles. The van der Waals surface area contributed by atoms with Crippen LogP contribution >= 0.6 is 0 Å². The average molecular weight is 475 g/mol. The molecule has 1 unspecified atom stereocenters. The zero-order valence-corrected chi connectivity index (χ0v) is 19.4. The first-order chi connectivity index (χ1) is 16.4. The minimum absolute atomic E-state index is 0.0874. The Morgan fingerprint density at radius 2 is 1.59 bits per heavy atom. The first-order valence-electron chi connectivity index (χ1n) is 11.0. The minimum atomic E-state index is -3.88. The highest BCUT2D eigenvalue weighted by molar-refractivity contribution is 7.86. The Bertz CT molecular complexity index is 1450. The molecule has 0 bridgehead atoms. The lowest BCUT2D eigenvalue weighted by Crippen LogP contribution is -2.23. The molecule has 4 nitrogen and oxygen atoms in total. The summed E-state index contributed by atoms with van der Waals surface area (Å²) >= 11 is 0. The van der Waals surface area contributed by atoms with Crippen molar-refractivity contribution in [3.8, 4) is 28.0 Å². The van der Waals surface area contributed by atoms with Crippen LogP contribution in [0, 0.1) is 12.7 Å². The monoisotopic (exact) mass is 474 g/mol. The third-order valence-electron chi connectivity index (χ3n) is 5.90. The summed E-state index contributed by atoms with van der Waals surface area (Å²) in [5.74, 6) is 0.404. The number of fused-ring (bicyclic) bond motifs is 1. The number of benzene rings is 4. The standard InChI is InChI=1S/C28H23FO4S/c1-19-12-14-24(15-13-19)34(30,31)32-18-23-17-21-7-5-11-27(28(21)33-23)26-10-3-2-9-25(26)20-6-4-8-22(29)16-20/h2-16,23H,17-18H2,1H3. The van der Waals surface area contributed by atoms with Gasteiger partial charge in [-0.2, -0.15) is 8.42 Å². The van der Waals surface area contributed by atoms with Crippen molar-refractivity contribution in [1.29, 1.82) is 0 Å². The van der Waals surface area contributed by atoms with E-state index in [4.69, 9.17) is 8.92 Å². The Hall–Kier alpha value is -3.48. The molecule has 1 aliphatic rings. The van der Waals surface area contributed by atoms with E-state index in [2.05, 4.69) is 0 Å². The van der Waals surface area contributed by atoms with Gasteiger partial charge in [0.2, 0.25) is 0 Å². The Labute approximate surface area is 198 Å². The maximum atomic E-state index is 13.9. The van der Waals surface area contributed by atoms with E-state index in [-0.39, 0.29) is 17.3 Å². The van der Waals surface area contributed by atoms with E-state index in [1.165, 1.54) is 24.3 Å². The number of ether oxygens (including phenoxy) is 1. The third-order valence-corrected chi connectivity index (χ3v) is 7.20. The quantitative estimate of drug-likeness (QED) is 0.313. The first-order valence-corrected chi connectivity index (χ1v) is 12.4. The van der Waals surface area contributed by atoms with Crippen molar-refractivity contribution in [1.82, 2.24) is 0 Å². The van der Waals surface area contributed by atoms with Crippen LogP contribution in [0.2, 0.25) is 0 Å². The highest BCUT2D eigenvalue weighted by Gasteiger charge is 2.28. The van der Waals surface area contributed by atoms with Crippen molar-refractivity contribution in [2.45, 2.75) is 24.3 Å². The molecular formula is C28H23FO4S. The largest absolute Gasteiger partial charge is 0.487 e. The highest BCUT2D eigenvalue weighted by atomic mass is 32.2. The van der Waals surface area contributed by atoms with Crippen LogP contribution in [0.1, 0.15) is 11.1 Å². The highest BCUT2D eigenvalue weighted by Crippen LogP contribution is 2.42. The molecule has 0 radical (unpaired) electrons. The number of rotatable bonds is 6. The average Bonchev–Trinajstić information content (AvgIpc) is 3.27. The zero-order chi connectivity index (χ0) is 23.7. The molecule has 0 aliphatic carbocycles. The predicted molar refractivity (Wildman–Crippen MR) is 130 cm³/mol. The van der Waals surface area contributed by atoms with E-state index in [1.54, 1.807) is 18.2 Å². The molecule has 6 heteroatoms. The van der Waals surface area contributed by atoms with Crippen LogP contribution in [0.4, 0.5) is 4.39 Å². The Kier molecular flexibility index (Phi) is 5.94. The molecule has 34 heavy (non-hydrogen) atoms. The summed E-state index contributed by atoms with van der Waals surface area (Å²) in [5.41, 5.74) is 5.41. The minimum Gasteiger partial charge on any atom is -0.487 e. The molecule has 0 spiro atoms. The van der Waals surface area contributed by atoms with Crippen molar-refractivity contribution in [3.63, 3.8) is 0 Å². The molecular weight excluding hydrogens is 451 g/mol. The van der Waals surface area contributed by atoms with Gasteiger partial charge in [0.05, 0.1) is 4.90 Å². The van der Waals surface area contributed by atoms with Gasteiger partial charge in [0.25, 0.3) is 10.1 Å². The van der Waals surface area contributed by atoms with Gasteiger partial charge in [-0.15, -0.1) is 0 Å². The van der Waals surface area contributed by atoms with Crippen LogP contribution in [0.25, 0.3) is 22.3 Å². The summed E-state index contributed by atoms with van der Waals surface area (Å²) in [6.45, 7) is 1.81. The van der Waals surface area contributed by atoms with E-state index >= 15 is 0 Å². The van der Waals surface area contributed by atoms with Gasteiger partial charge in [0.15, 0.2) is 0 Å². The fourth-order valence-electron chi connectivity index (χ4n) is 4.21. The molecule has 0 saturated carbocycles. The van der Waals surface area contributed by atoms with E-state index in [1.807, 2.05) is 55.5 Å². The number of para-hydroxylation sites is 1. The number of hydrogen-bond donors (Lipinski definition) is 0. The van der Waals surface area contributed by atoms with Gasteiger partial charge in [0.1, 0.15) is 24.3 Å². The van der Waals surface area contributed by atoms with Crippen LogP contribution in [0.15, 0.2) is 95.9 Å². The fourth-order valence-corrected chi connectivity index (χ4v) is 5.14. The normalized spacial score (nSPS) is 15.1. The van der Waals surface area contributed by atoms with Gasteiger partial charge in [-0.3, -0.25) is 4.18 Å². The summed E-state index contributed by atoms with van der Waals surface area (Å²) in [4.78, 5) is 0.123. The summed E-state index contributed by atoms with van der Waals surface area (Å²) < 4.78 is 50.6. The van der Waals surface area contributed by atoms with Gasteiger partial charge >= 0.3 is 0 Å². The van der Waals surface area contributed by atoms with Gasteiger partial charge in [-0.05, 0) is 53.4 Å². The molecule has 1 heterocycles. The molecule has 0 fully saturated rings. The van der Waals surface area contributed by atoms with Crippen LogP contribution in [0.3, 0.4) is 0 Å². The Morgan fingerprint density at radius 1 is 0.882 bits per heavy atom. The van der Waals surface area contributed by atoms with E-state index in [0.29, 0.717) is 12.2 Å². The second-order valence-corrected chi connectivity index (χ2v) is 9.96. The lowest BCUT2D eigenvalue weighted by atomic mass is 9.93. The Balaban J connectivity index is 1.40. The van der Waals surface area contributed by atoms with Gasteiger partial charge in [-0.1, -0.05) is 72.3 Å². The van der Waals surface area contributed by atoms with Crippen LogP contribution in [0.5, 0.6) is 5.75 Å². The first kappa shape index (κ1) is 22.3. The third kappa shape index (κ3) is 4.47. The topological polar surface area (TPSA) is 52.6 Å². The second-order valence-electron chi connectivity index (χ2n) is 8.35. The molecule has 1 atom stereocenters. The fraction of sp³-hybridized carbons (Fsp3) is 0.143. The van der Waals surface area contributed by atoms with Crippen LogP contribution in [-0.4, -0.2) is 21.1 Å². The lowest BCUT2D eigenvalue weighted by Gasteiger charge is -2.15. The molecule has 5 rings (SSSR count). The van der Waals surface area contributed by atoms with Crippen molar-refractivity contribution in [3.05, 3.63) is 108 Å². The zero-order valence-electron chi connectivity index (χ0n) is 18.6. The van der Waals surface area contributed by atoms with Crippen LogP contribution in [-0.2, 0) is 20.7 Å². The van der Waals surface area contributed by atoms with E-state index in [9.17, 15) is 12.8 Å². The molecule has 0 N–H and O–H groups in total. The SMILES string of the molecule is Cc1ccc(S(=O)(=O)OCC2Cc3cccc(-c4ccccc4-c4cccc(F)c4)c3O2)cc1. The molecule has 0 amide bonds. The van der Waals surface area contributed by atoms with Crippen molar-refractivity contribution in [2.75, 3.05) is 6.61 Å². The number of hydrogen-bond acceptors (Lipinski definition) is 4. The number of halogens is 1. The van der Waals surface area contributed by atoms with E-state index in [0.717, 1.165) is 33.4 Å². The van der Waals surface area contributed by atoms with Gasteiger partial charge in [0, 0.05) is 12.0 Å². The molecule has 0 aromatic heterocycles. The predicted octanol–water partition coefficient (Wildman–Crippen LogP) is 6.18. The second kappa shape index (κ2) is 9.05. The molecule has 0 saturated heterocycles.